The van der Waals surface area contributed by atoms with E-state index in [0.29, 0.717) is 0 Å². The van der Waals surface area contributed by atoms with Gasteiger partial charge in [-0.1, -0.05) is 23.1 Å². The summed E-state index contributed by atoms with van der Waals surface area (Å²) in [5, 5.41) is 0. The standard InChI is InChI=1S/2C14H21O.4CH3.2Al/c2*1-8-9(2)11(4)13(14(6,7)15)12(5)10(8)3;;;;;;/h2*1-7H3;4*1H3;;/q2*-1;;;;;2*+1. The van der Waals surface area contributed by atoms with Crippen molar-refractivity contribution in [3.05, 3.63) is 66.8 Å². The Balaban J connectivity index is 0.000000360. The van der Waals surface area contributed by atoms with Gasteiger partial charge in [0.2, 0.25) is 0 Å². The van der Waals surface area contributed by atoms with Crippen molar-refractivity contribution in [2.45, 2.75) is 131 Å². The van der Waals surface area contributed by atoms with Crippen LogP contribution < -0.4 is 0 Å². The first-order valence-electron chi connectivity index (χ1n) is 13.7. The summed E-state index contributed by atoms with van der Waals surface area (Å²) in [6.45, 7) is 31.1. The minimum absolute atomic E-state index is 0.169. The average Bonchev–Trinajstić information content (AvgIpc) is 2.72. The van der Waals surface area contributed by atoms with E-state index < -0.39 is 29.0 Å². The maximum absolute atomic E-state index is 6.27. The zero-order valence-electron chi connectivity index (χ0n) is 27.0. The molecular weight excluding hydrogens is 470 g/mol. The van der Waals surface area contributed by atoms with E-state index in [-0.39, 0.29) is 11.2 Å². The normalized spacial score (nSPS) is 11.8. The maximum atomic E-state index is 6.27. The molecule has 0 radical (unpaired) electrons. The van der Waals surface area contributed by atoms with Crippen LogP contribution >= 0.6 is 0 Å². The Morgan fingerprint density at radius 1 is 0.361 bits per heavy atom. The second-order valence-corrected chi connectivity index (χ2v) is 17.0. The summed E-state index contributed by atoms with van der Waals surface area (Å²) in [6, 6.07) is 0. The molecule has 0 N–H and O–H groups in total. The molecule has 0 spiro atoms. The Morgan fingerprint density at radius 2 is 0.528 bits per heavy atom. The third-order valence-corrected chi connectivity index (χ3v) is 10.4. The highest BCUT2D eigenvalue weighted by Crippen LogP contribution is 2.37. The first kappa shape index (κ1) is 33.5. The molecule has 2 aromatic rings. The van der Waals surface area contributed by atoms with Crippen LogP contribution in [0, 0.1) is 69.2 Å². The maximum Gasteiger partial charge on any atom is 0.454 e. The first-order valence-corrected chi connectivity index (χ1v) is 19.3. The third kappa shape index (κ3) is 7.29. The number of benzene rings is 2. The summed E-state index contributed by atoms with van der Waals surface area (Å²) >= 11 is -2.10. The summed E-state index contributed by atoms with van der Waals surface area (Å²) in [5.41, 5.74) is 16.5. The fourth-order valence-electron chi connectivity index (χ4n) is 6.10. The van der Waals surface area contributed by atoms with Crippen LogP contribution in [-0.2, 0) is 18.8 Å². The Hall–Kier alpha value is -0.575. The highest BCUT2D eigenvalue weighted by atomic mass is 27.2. The van der Waals surface area contributed by atoms with E-state index in [0.717, 1.165) is 0 Å². The van der Waals surface area contributed by atoms with Crippen molar-refractivity contribution in [1.82, 2.24) is 0 Å². The van der Waals surface area contributed by atoms with E-state index >= 15 is 0 Å². The van der Waals surface area contributed by atoms with Gasteiger partial charge in [0.25, 0.3) is 0 Å². The number of hydrogen-bond donors (Lipinski definition) is 0. The zero-order chi connectivity index (χ0) is 28.5. The monoisotopic (exact) mass is 524 g/mol. The van der Waals surface area contributed by atoms with Crippen molar-refractivity contribution in [2.24, 2.45) is 0 Å². The lowest BCUT2D eigenvalue weighted by atomic mass is 9.82. The minimum atomic E-state index is -1.05. The second kappa shape index (κ2) is 12.5. The molecule has 0 aliphatic carbocycles. The van der Waals surface area contributed by atoms with Crippen molar-refractivity contribution in [1.29, 1.82) is 0 Å². The highest BCUT2D eigenvalue weighted by Gasteiger charge is 2.30. The van der Waals surface area contributed by atoms with E-state index in [9.17, 15) is 0 Å². The van der Waals surface area contributed by atoms with Gasteiger partial charge in [0.1, 0.15) is 0 Å². The molecular formula is C32H54Al2O2. The van der Waals surface area contributed by atoms with E-state index in [4.69, 9.17) is 7.58 Å². The Morgan fingerprint density at radius 3 is 0.694 bits per heavy atom. The molecule has 200 valence electrons. The van der Waals surface area contributed by atoms with E-state index in [2.05, 4.69) is 120 Å². The average molecular weight is 525 g/mol. The predicted molar refractivity (Wildman–Crippen MR) is 163 cm³/mol. The molecule has 0 aliphatic heterocycles. The zero-order valence-corrected chi connectivity index (χ0v) is 29.3. The number of rotatable bonds is 6. The van der Waals surface area contributed by atoms with Crippen molar-refractivity contribution >= 4 is 29.0 Å². The quantitative estimate of drug-likeness (QED) is 0.350. The Kier molecular flexibility index (Phi) is 11.6. The molecule has 0 fully saturated rings. The summed E-state index contributed by atoms with van der Waals surface area (Å²) < 4.78 is 12.5. The van der Waals surface area contributed by atoms with Gasteiger partial charge in [0.15, 0.2) is 0 Å². The lowest BCUT2D eigenvalue weighted by Gasteiger charge is -2.34. The van der Waals surface area contributed by atoms with Crippen LogP contribution in [-0.4, -0.2) is 29.0 Å². The molecule has 0 aromatic heterocycles. The van der Waals surface area contributed by atoms with Gasteiger partial charge in [0, 0.05) is 0 Å². The lowest BCUT2D eigenvalue weighted by Crippen LogP contribution is -2.30. The molecule has 0 amide bonds. The topological polar surface area (TPSA) is 18.5 Å². The molecule has 0 heterocycles. The molecule has 2 nitrogen and oxygen atoms in total. The van der Waals surface area contributed by atoms with Gasteiger partial charge in [-0.15, -0.1) is 0 Å². The van der Waals surface area contributed by atoms with Crippen LogP contribution in [0.1, 0.15) is 94.5 Å². The molecule has 0 saturated carbocycles. The van der Waals surface area contributed by atoms with Gasteiger partial charge < -0.3 is 7.58 Å². The summed E-state index contributed by atoms with van der Waals surface area (Å²) in [5.74, 6) is 8.95. The summed E-state index contributed by atoms with van der Waals surface area (Å²) in [4.78, 5) is 0. The van der Waals surface area contributed by atoms with Crippen LogP contribution in [0.25, 0.3) is 0 Å². The third-order valence-electron chi connectivity index (χ3n) is 8.26. The SMILES string of the molecule is Cc1c(C)c(C)c(C(C)(C)[O][Al]([CH3])[CH3])c(C)c1C.Cc1c(C)c(C)c(C(C)(C)[O][Al]([CH3])[CH3])c(C)c1C. The lowest BCUT2D eigenvalue weighted by molar-refractivity contribution is 0.107. The molecule has 4 heteroatoms. The van der Waals surface area contributed by atoms with Gasteiger partial charge in [-0.2, -0.15) is 0 Å². The molecule has 0 aliphatic rings. The second-order valence-electron chi connectivity index (χ2n) is 12.4. The van der Waals surface area contributed by atoms with Gasteiger partial charge in [-0.05, 0) is 164 Å². The van der Waals surface area contributed by atoms with Crippen molar-refractivity contribution in [3.63, 3.8) is 0 Å². The van der Waals surface area contributed by atoms with Crippen LogP contribution in [0.4, 0.5) is 0 Å². The summed E-state index contributed by atoms with van der Waals surface area (Å²) in [7, 11) is 0. The minimum Gasteiger partial charge on any atom is -0.493 e. The van der Waals surface area contributed by atoms with Crippen LogP contribution in [0.3, 0.4) is 0 Å². The van der Waals surface area contributed by atoms with Crippen LogP contribution in [0.15, 0.2) is 0 Å². The molecule has 0 unspecified atom stereocenters. The van der Waals surface area contributed by atoms with Gasteiger partial charge in [-0.25, -0.2) is 0 Å². The molecule has 2 aromatic carbocycles. The van der Waals surface area contributed by atoms with Crippen LogP contribution in [0.5, 0.6) is 0 Å². The van der Waals surface area contributed by atoms with E-state index in [1.807, 2.05) is 0 Å². The molecule has 0 bridgehead atoms. The van der Waals surface area contributed by atoms with Crippen molar-refractivity contribution < 1.29 is 7.58 Å². The number of hydrogen-bond acceptors (Lipinski definition) is 2. The first-order chi connectivity index (χ1) is 16.2. The molecule has 36 heavy (non-hydrogen) atoms. The molecule has 0 atom stereocenters. The molecule has 2 rings (SSSR count). The predicted octanol–water partition coefficient (Wildman–Crippen LogP) is 9.46. The Labute approximate surface area is 233 Å². The Bertz CT molecular complexity index is 947. The smallest absolute Gasteiger partial charge is 0.454 e. The van der Waals surface area contributed by atoms with Gasteiger partial charge >= 0.3 is 29.0 Å². The highest BCUT2D eigenvalue weighted by molar-refractivity contribution is 6.48. The fraction of sp³-hybridized carbons (Fsp3) is 0.625. The largest absolute Gasteiger partial charge is 0.493 e. The molecule has 0 saturated heterocycles. The van der Waals surface area contributed by atoms with E-state index in [1.165, 1.54) is 66.8 Å². The summed E-state index contributed by atoms with van der Waals surface area (Å²) in [6.07, 6.45) is 0. The van der Waals surface area contributed by atoms with Crippen molar-refractivity contribution in [2.75, 3.05) is 0 Å². The van der Waals surface area contributed by atoms with Gasteiger partial charge in [-0.3, -0.25) is 0 Å². The van der Waals surface area contributed by atoms with E-state index in [1.54, 1.807) is 0 Å². The fourth-order valence-corrected chi connectivity index (χ4v) is 8.70. The van der Waals surface area contributed by atoms with Crippen LogP contribution in [0.2, 0.25) is 23.1 Å². The van der Waals surface area contributed by atoms with Crippen molar-refractivity contribution in [3.8, 4) is 0 Å². The van der Waals surface area contributed by atoms with Gasteiger partial charge in [0.05, 0.1) is 11.2 Å².